The zero-order chi connectivity index (χ0) is 24.3. The summed E-state index contributed by atoms with van der Waals surface area (Å²) in [7, 11) is 0. The van der Waals surface area contributed by atoms with Crippen LogP contribution in [-0.2, 0) is 19.1 Å². The van der Waals surface area contributed by atoms with Gasteiger partial charge in [-0.15, -0.1) is 0 Å². The van der Waals surface area contributed by atoms with E-state index in [1.165, 1.54) is 0 Å². The number of rotatable bonds is 6. The van der Waals surface area contributed by atoms with Crippen LogP contribution >= 0.6 is 0 Å². The number of hydrogen-bond acceptors (Lipinski definition) is 6. The van der Waals surface area contributed by atoms with Crippen molar-refractivity contribution in [2.75, 3.05) is 11.9 Å². The maximum atomic E-state index is 13.8. The van der Waals surface area contributed by atoms with E-state index in [4.69, 9.17) is 9.26 Å². The number of aromatic nitrogens is 1. The van der Waals surface area contributed by atoms with Crippen molar-refractivity contribution in [3.05, 3.63) is 24.0 Å². The second-order valence-electron chi connectivity index (χ2n) is 11.1. The van der Waals surface area contributed by atoms with E-state index in [-0.39, 0.29) is 23.5 Å². The third-order valence-corrected chi connectivity index (χ3v) is 6.65. The Kier molecular flexibility index (Phi) is 5.47. The molecule has 2 saturated heterocycles. The molecule has 0 aliphatic carbocycles. The first-order chi connectivity index (χ1) is 15.3. The zero-order valence-electron chi connectivity index (χ0n) is 20.4. The SMILES string of the molecule is Cc1cc(NC(=O)[C@@H]2[C@H]3C(=O)N(CCC(C)C)[C@H](C(=O)NC(C)(C)C)[C@@]34C=C[C@]2(C)O4)no1. The predicted octanol–water partition coefficient (Wildman–Crippen LogP) is 2.42. The second kappa shape index (κ2) is 7.68. The number of hydrogen-bond donors (Lipinski definition) is 2. The van der Waals surface area contributed by atoms with Crippen LogP contribution in [0.4, 0.5) is 5.82 Å². The predicted molar refractivity (Wildman–Crippen MR) is 121 cm³/mol. The van der Waals surface area contributed by atoms with Crippen LogP contribution in [0.15, 0.2) is 22.7 Å². The van der Waals surface area contributed by atoms with Gasteiger partial charge in [0.25, 0.3) is 0 Å². The summed E-state index contributed by atoms with van der Waals surface area (Å²) in [6.07, 6.45) is 4.38. The maximum absolute atomic E-state index is 13.8. The van der Waals surface area contributed by atoms with Crippen molar-refractivity contribution in [1.29, 1.82) is 0 Å². The molecule has 2 N–H and O–H groups in total. The molecule has 9 heteroatoms. The lowest BCUT2D eigenvalue weighted by Crippen LogP contribution is -2.58. The van der Waals surface area contributed by atoms with Crippen LogP contribution in [0.3, 0.4) is 0 Å². The normalized spacial score (nSPS) is 32.5. The molecule has 0 saturated carbocycles. The van der Waals surface area contributed by atoms with Crippen LogP contribution in [0.5, 0.6) is 0 Å². The minimum Gasteiger partial charge on any atom is -0.360 e. The van der Waals surface area contributed by atoms with Gasteiger partial charge in [0.15, 0.2) is 5.82 Å². The molecular weight excluding hydrogens is 424 g/mol. The molecule has 3 aliphatic heterocycles. The molecule has 0 radical (unpaired) electrons. The smallest absolute Gasteiger partial charge is 0.246 e. The quantitative estimate of drug-likeness (QED) is 0.633. The third kappa shape index (κ3) is 3.86. The molecule has 1 spiro atoms. The highest BCUT2D eigenvalue weighted by Crippen LogP contribution is 2.59. The number of likely N-dealkylation sites (tertiary alicyclic amines) is 1. The number of aryl methyl sites for hydroxylation is 1. The minimum atomic E-state index is -1.19. The minimum absolute atomic E-state index is 0.228. The van der Waals surface area contributed by atoms with Gasteiger partial charge in [-0.25, -0.2) is 0 Å². The topological polar surface area (TPSA) is 114 Å². The van der Waals surface area contributed by atoms with Crippen LogP contribution in [-0.4, -0.2) is 57.1 Å². The molecule has 0 unspecified atom stereocenters. The van der Waals surface area contributed by atoms with Crippen molar-refractivity contribution in [1.82, 2.24) is 15.4 Å². The second-order valence-corrected chi connectivity index (χ2v) is 11.1. The zero-order valence-corrected chi connectivity index (χ0v) is 20.4. The van der Waals surface area contributed by atoms with Gasteiger partial charge in [0.1, 0.15) is 17.4 Å². The lowest BCUT2D eigenvalue weighted by atomic mass is 9.70. The van der Waals surface area contributed by atoms with Crippen LogP contribution in [0.1, 0.15) is 53.7 Å². The number of carbonyl (C=O) groups is 3. The summed E-state index contributed by atoms with van der Waals surface area (Å²) in [5.41, 5.74) is -2.68. The lowest BCUT2D eigenvalue weighted by molar-refractivity contribution is -0.144. The Morgan fingerprint density at radius 3 is 2.52 bits per heavy atom. The van der Waals surface area contributed by atoms with Gasteiger partial charge in [0.05, 0.1) is 17.4 Å². The summed E-state index contributed by atoms with van der Waals surface area (Å²) >= 11 is 0. The van der Waals surface area contributed by atoms with Crippen molar-refractivity contribution in [3.8, 4) is 0 Å². The summed E-state index contributed by atoms with van der Waals surface area (Å²) in [5.74, 6) is -1.29. The molecule has 1 aromatic heterocycles. The van der Waals surface area contributed by atoms with Gasteiger partial charge in [-0.1, -0.05) is 31.2 Å². The molecule has 4 heterocycles. The molecule has 2 fully saturated rings. The van der Waals surface area contributed by atoms with Crippen molar-refractivity contribution in [2.24, 2.45) is 17.8 Å². The molecule has 180 valence electrons. The molecule has 2 bridgehead atoms. The molecule has 0 aromatic carbocycles. The van der Waals surface area contributed by atoms with Crippen molar-refractivity contribution in [3.63, 3.8) is 0 Å². The molecule has 5 atom stereocenters. The van der Waals surface area contributed by atoms with E-state index in [1.54, 1.807) is 24.8 Å². The Hall–Kier alpha value is -2.68. The fourth-order valence-corrected chi connectivity index (χ4v) is 5.33. The molecule has 1 aromatic rings. The molecule has 3 amide bonds. The highest BCUT2D eigenvalue weighted by Gasteiger charge is 2.76. The Morgan fingerprint density at radius 1 is 1.24 bits per heavy atom. The summed E-state index contributed by atoms with van der Waals surface area (Å²) in [5, 5.41) is 9.62. The van der Waals surface area contributed by atoms with E-state index < -0.39 is 34.6 Å². The van der Waals surface area contributed by atoms with Gasteiger partial charge in [-0.05, 0) is 47.0 Å². The van der Waals surface area contributed by atoms with E-state index in [1.807, 2.05) is 32.9 Å². The first-order valence-electron chi connectivity index (χ1n) is 11.5. The van der Waals surface area contributed by atoms with Gasteiger partial charge in [0.2, 0.25) is 17.7 Å². The molecule has 3 aliphatic rings. The van der Waals surface area contributed by atoms with Crippen molar-refractivity contribution < 1.29 is 23.6 Å². The average Bonchev–Trinajstić information content (AvgIpc) is 3.36. The van der Waals surface area contributed by atoms with Crippen LogP contribution in [0, 0.1) is 24.7 Å². The van der Waals surface area contributed by atoms with Crippen LogP contribution in [0.25, 0.3) is 0 Å². The average molecular weight is 459 g/mol. The highest BCUT2D eigenvalue weighted by molar-refractivity contribution is 6.03. The van der Waals surface area contributed by atoms with E-state index in [0.717, 1.165) is 6.42 Å². The van der Waals surface area contributed by atoms with E-state index >= 15 is 0 Å². The van der Waals surface area contributed by atoms with Gasteiger partial charge < -0.3 is 24.8 Å². The van der Waals surface area contributed by atoms with Gasteiger partial charge in [0, 0.05) is 18.2 Å². The van der Waals surface area contributed by atoms with Gasteiger partial charge >= 0.3 is 0 Å². The number of fused-ring (bicyclic) bond motifs is 1. The summed E-state index contributed by atoms with van der Waals surface area (Å²) in [6, 6.07) is 0.767. The number of ether oxygens (including phenoxy) is 1. The summed E-state index contributed by atoms with van der Waals surface area (Å²) in [4.78, 5) is 42.3. The van der Waals surface area contributed by atoms with E-state index in [9.17, 15) is 14.4 Å². The van der Waals surface area contributed by atoms with Crippen LogP contribution in [0.2, 0.25) is 0 Å². The number of amides is 3. The Bertz CT molecular complexity index is 1010. The largest absolute Gasteiger partial charge is 0.360 e. The van der Waals surface area contributed by atoms with Crippen LogP contribution < -0.4 is 10.6 Å². The van der Waals surface area contributed by atoms with Gasteiger partial charge in [-0.3, -0.25) is 14.4 Å². The first-order valence-corrected chi connectivity index (χ1v) is 11.5. The Morgan fingerprint density at radius 2 is 1.94 bits per heavy atom. The van der Waals surface area contributed by atoms with E-state index in [0.29, 0.717) is 18.2 Å². The summed E-state index contributed by atoms with van der Waals surface area (Å²) < 4.78 is 11.5. The molecule has 33 heavy (non-hydrogen) atoms. The van der Waals surface area contributed by atoms with Crippen molar-refractivity contribution in [2.45, 2.75) is 77.7 Å². The monoisotopic (exact) mass is 458 g/mol. The van der Waals surface area contributed by atoms with E-state index in [2.05, 4.69) is 29.6 Å². The first kappa shape index (κ1) is 23.5. The molecule has 9 nitrogen and oxygen atoms in total. The fraction of sp³-hybridized carbons (Fsp3) is 0.667. The number of carbonyl (C=O) groups excluding carboxylic acids is 3. The lowest BCUT2D eigenvalue weighted by Gasteiger charge is -2.35. The number of anilines is 1. The number of nitrogens with one attached hydrogen (secondary N) is 2. The fourth-order valence-electron chi connectivity index (χ4n) is 5.33. The summed E-state index contributed by atoms with van der Waals surface area (Å²) in [6.45, 7) is 13.8. The third-order valence-electron chi connectivity index (χ3n) is 6.65. The Balaban J connectivity index is 1.71. The Labute approximate surface area is 194 Å². The standard InChI is InChI=1S/C24H34N4O5/c1-13(2)8-11-28-18(20(30)26-22(4,5)6)24-10-9-23(7,33-24)16(17(24)21(28)31)19(29)25-15-12-14(3)32-27-15/h9-10,12-13,16-18H,8,11H2,1-7H3,(H,26,30)(H,25,27,29)/t16-,17-,18+,23-,24+/m0/s1. The number of nitrogens with zero attached hydrogens (tertiary/aromatic N) is 2. The molecule has 4 rings (SSSR count). The highest BCUT2D eigenvalue weighted by atomic mass is 16.5. The van der Waals surface area contributed by atoms with Crippen molar-refractivity contribution >= 4 is 23.5 Å². The van der Waals surface area contributed by atoms with Gasteiger partial charge in [-0.2, -0.15) is 0 Å². The molecular formula is C24H34N4O5. The maximum Gasteiger partial charge on any atom is 0.246 e.